The Morgan fingerprint density at radius 1 is 1.07 bits per heavy atom. The summed E-state index contributed by atoms with van der Waals surface area (Å²) in [6.07, 6.45) is 5.19. The number of rotatable bonds is 6. The van der Waals surface area contributed by atoms with Gasteiger partial charge < -0.3 is 10.6 Å². The van der Waals surface area contributed by atoms with Gasteiger partial charge in [0.05, 0.1) is 18.3 Å². The van der Waals surface area contributed by atoms with Gasteiger partial charge in [-0.3, -0.25) is 9.48 Å². The molecular weight excluding hydrogens is 402 g/mol. The van der Waals surface area contributed by atoms with E-state index in [1.807, 2.05) is 37.4 Å². The number of aromatic nitrogens is 5. The molecule has 0 saturated heterocycles. The van der Waals surface area contributed by atoms with Crippen LogP contribution < -0.4 is 10.6 Å². The van der Waals surface area contributed by atoms with Gasteiger partial charge in [0.25, 0.3) is 0 Å². The van der Waals surface area contributed by atoms with E-state index in [1.165, 1.54) is 0 Å². The second kappa shape index (κ2) is 8.71. The van der Waals surface area contributed by atoms with Gasteiger partial charge in [0, 0.05) is 36.1 Å². The minimum Gasteiger partial charge on any atom is -0.310 e. The summed E-state index contributed by atoms with van der Waals surface area (Å²) in [6.45, 7) is 0. The number of carbonyl (C=O) groups excluding carboxylic acids is 1. The lowest BCUT2D eigenvalue weighted by molar-refractivity contribution is -0.115. The quantitative estimate of drug-likeness (QED) is 0.492. The summed E-state index contributed by atoms with van der Waals surface area (Å²) in [5, 5.41) is 10.6. The van der Waals surface area contributed by atoms with Crippen LogP contribution in [0.15, 0.2) is 67.1 Å². The molecule has 4 rings (SSSR count). The summed E-state index contributed by atoms with van der Waals surface area (Å²) in [6, 6.07) is 14.5. The number of hydrogen-bond donors (Lipinski definition) is 2. The molecule has 8 nitrogen and oxygen atoms in total. The van der Waals surface area contributed by atoms with Gasteiger partial charge in [-0.05, 0) is 29.8 Å². The zero-order chi connectivity index (χ0) is 20.9. The maximum Gasteiger partial charge on any atom is 0.230 e. The fourth-order valence-corrected chi connectivity index (χ4v) is 3.01. The fraction of sp³-hybridized carbons (Fsp3) is 0.0952. The molecule has 3 aromatic heterocycles. The Morgan fingerprint density at radius 3 is 2.67 bits per heavy atom. The molecule has 9 heteroatoms. The number of anilines is 3. The maximum absolute atomic E-state index is 12.3. The highest BCUT2D eigenvalue weighted by Crippen LogP contribution is 2.20. The van der Waals surface area contributed by atoms with Crippen molar-refractivity contribution in [1.82, 2.24) is 24.7 Å². The molecule has 3 heterocycles. The van der Waals surface area contributed by atoms with E-state index in [2.05, 4.69) is 30.7 Å². The van der Waals surface area contributed by atoms with Crippen molar-refractivity contribution in [2.75, 3.05) is 10.6 Å². The minimum absolute atomic E-state index is 0.179. The van der Waals surface area contributed by atoms with Crippen LogP contribution in [0.25, 0.3) is 11.3 Å². The molecule has 0 atom stereocenters. The van der Waals surface area contributed by atoms with Crippen molar-refractivity contribution >= 4 is 35.1 Å². The third kappa shape index (κ3) is 4.61. The molecule has 0 fully saturated rings. The lowest BCUT2D eigenvalue weighted by Gasteiger charge is -2.08. The predicted molar refractivity (Wildman–Crippen MR) is 116 cm³/mol. The number of nitrogens with zero attached hydrogens (tertiary/aromatic N) is 5. The first-order valence-corrected chi connectivity index (χ1v) is 9.54. The lowest BCUT2D eigenvalue weighted by Crippen LogP contribution is -2.15. The molecule has 0 aliphatic carbocycles. The van der Waals surface area contributed by atoms with Crippen LogP contribution in [0, 0.1) is 0 Å². The summed E-state index contributed by atoms with van der Waals surface area (Å²) >= 11 is 6.11. The highest BCUT2D eigenvalue weighted by Gasteiger charge is 2.09. The van der Waals surface area contributed by atoms with Gasteiger partial charge >= 0.3 is 0 Å². The van der Waals surface area contributed by atoms with Crippen LogP contribution >= 0.6 is 11.6 Å². The number of benzene rings is 1. The first-order valence-electron chi connectivity index (χ1n) is 9.16. The van der Waals surface area contributed by atoms with Crippen molar-refractivity contribution in [3.05, 3.63) is 77.7 Å². The van der Waals surface area contributed by atoms with Crippen LogP contribution in [0.2, 0.25) is 5.02 Å². The Hall–Kier alpha value is -3.78. The van der Waals surface area contributed by atoms with Gasteiger partial charge in [-0.1, -0.05) is 29.8 Å². The standard InChI is InChI=1S/C21H18ClN7O/c1-29-19(9-11-25-29)28-21-23-10-8-17(26-21)15-6-7-18(24-13-15)27-20(30)12-14-4-2-3-5-16(14)22/h2-11,13H,12H2,1H3,(H,23,26,28)(H,24,27,30). The summed E-state index contributed by atoms with van der Waals surface area (Å²) in [7, 11) is 1.83. The maximum atomic E-state index is 12.3. The summed E-state index contributed by atoms with van der Waals surface area (Å²) in [5.74, 6) is 1.50. The normalized spacial score (nSPS) is 10.6. The molecule has 1 amide bonds. The molecule has 0 saturated carbocycles. The van der Waals surface area contributed by atoms with Crippen molar-refractivity contribution in [2.45, 2.75) is 6.42 Å². The van der Waals surface area contributed by atoms with Gasteiger partial charge in [0.15, 0.2) is 0 Å². The fourth-order valence-electron chi connectivity index (χ4n) is 2.81. The largest absolute Gasteiger partial charge is 0.310 e. The highest BCUT2D eigenvalue weighted by molar-refractivity contribution is 6.31. The van der Waals surface area contributed by atoms with E-state index in [0.717, 1.165) is 16.9 Å². The number of halogens is 1. The zero-order valence-corrected chi connectivity index (χ0v) is 16.8. The van der Waals surface area contributed by atoms with Crippen LogP contribution in [0.4, 0.5) is 17.6 Å². The number of pyridine rings is 1. The molecule has 0 bridgehead atoms. The molecule has 0 aliphatic rings. The van der Waals surface area contributed by atoms with Gasteiger partial charge in [-0.2, -0.15) is 5.10 Å². The minimum atomic E-state index is -0.187. The van der Waals surface area contributed by atoms with E-state index in [4.69, 9.17) is 11.6 Å². The van der Waals surface area contributed by atoms with Crippen molar-refractivity contribution < 1.29 is 4.79 Å². The van der Waals surface area contributed by atoms with Gasteiger partial charge in [0.1, 0.15) is 11.6 Å². The Balaban J connectivity index is 1.43. The van der Waals surface area contributed by atoms with Crippen LogP contribution in [0.1, 0.15) is 5.56 Å². The third-order valence-electron chi connectivity index (χ3n) is 4.35. The van der Waals surface area contributed by atoms with E-state index >= 15 is 0 Å². The average Bonchev–Trinajstić information content (AvgIpc) is 3.15. The molecule has 1 aromatic carbocycles. The summed E-state index contributed by atoms with van der Waals surface area (Å²) in [4.78, 5) is 25.3. The number of amides is 1. The molecule has 4 aromatic rings. The molecule has 2 N–H and O–H groups in total. The van der Waals surface area contributed by atoms with Crippen LogP contribution in [-0.2, 0) is 18.3 Å². The summed E-state index contributed by atoms with van der Waals surface area (Å²) < 4.78 is 1.69. The topological polar surface area (TPSA) is 97.6 Å². The molecule has 30 heavy (non-hydrogen) atoms. The van der Waals surface area contributed by atoms with Crippen LogP contribution in [0.3, 0.4) is 0 Å². The number of aryl methyl sites for hydroxylation is 1. The van der Waals surface area contributed by atoms with Crippen LogP contribution in [-0.4, -0.2) is 30.6 Å². The Morgan fingerprint density at radius 2 is 1.93 bits per heavy atom. The first-order chi connectivity index (χ1) is 14.6. The van der Waals surface area contributed by atoms with E-state index in [-0.39, 0.29) is 12.3 Å². The van der Waals surface area contributed by atoms with Crippen molar-refractivity contribution in [3.63, 3.8) is 0 Å². The Bertz CT molecular complexity index is 1170. The van der Waals surface area contributed by atoms with E-state index < -0.39 is 0 Å². The Kier molecular flexibility index (Phi) is 5.67. The van der Waals surface area contributed by atoms with Crippen molar-refractivity contribution in [1.29, 1.82) is 0 Å². The first kappa shape index (κ1) is 19.5. The molecule has 0 spiro atoms. The molecular formula is C21H18ClN7O. The van der Waals surface area contributed by atoms with Gasteiger partial charge in [-0.15, -0.1) is 0 Å². The Labute approximate surface area is 178 Å². The molecule has 150 valence electrons. The van der Waals surface area contributed by atoms with E-state index in [1.54, 1.807) is 41.5 Å². The molecule has 0 radical (unpaired) electrons. The van der Waals surface area contributed by atoms with Crippen molar-refractivity contribution in [3.8, 4) is 11.3 Å². The van der Waals surface area contributed by atoms with Gasteiger partial charge in [-0.25, -0.2) is 15.0 Å². The lowest BCUT2D eigenvalue weighted by atomic mass is 10.1. The van der Waals surface area contributed by atoms with Crippen molar-refractivity contribution in [2.24, 2.45) is 7.05 Å². The van der Waals surface area contributed by atoms with Gasteiger partial charge in [0.2, 0.25) is 11.9 Å². The SMILES string of the molecule is Cn1nccc1Nc1nccc(-c2ccc(NC(=O)Cc3ccccc3Cl)nc2)n1. The molecule has 0 aliphatic heterocycles. The number of carbonyl (C=O) groups is 1. The smallest absolute Gasteiger partial charge is 0.230 e. The molecule has 0 unspecified atom stereocenters. The van der Waals surface area contributed by atoms with E-state index in [0.29, 0.717) is 22.5 Å². The third-order valence-corrected chi connectivity index (χ3v) is 4.72. The number of hydrogen-bond acceptors (Lipinski definition) is 6. The summed E-state index contributed by atoms with van der Waals surface area (Å²) in [5.41, 5.74) is 2.27. The number of nitrogens with one attached hydrogen (secondary N) is 2. The zero-order valence-electron chi connectivity index (χ0n) is 16.1. The van der Waals surface area contributed by atoms with Crippen LogP contribution in [0.5, 0.6) is 0 Å². The second-order valence-electron chi connectivity index (χ2n) is 6.48. The predicted octanol–water partition coefficient (Wildman–Crippen LogP) is 3.85. The average molecular weight is 420 g/mol. The second-order valence-corrected chi connectivity index (χ2v) is 6.89. The highest BCUT2D eigenvalue weighted by atomic mass is 35.5. The monoisotopic (exact) mass is 419 g/mol. The van der Waals surface area contributed by atoms with E-state index in [9.17, 15) is 4.79 Å².